The molecule has 2 aromatic rings. The van der Waals surface area contributed by atoms with Crippen LogP contribution in [0.15, 0.2) is 47.4 Å². The minimum Gasteiger partial charge on any atom is -0.454 e. The standard InChI is InChI=1S/C19H19N3O3S3/c20-8-11-27-19(26)14-12-16(22-9-4-5-10-22)18(17(13-14)28(21,23)24)25-15-6-2-1-3-7-15/h1-3,6-7,12-13H,4-5,9-11H2,(H2,21,23,24). The van der Waals surface area contributed by atoms with Crippen LogP contribution in [0.2, 0.25) is 0 Å². The molecule has 0 atom stereocenters. The number of hydrogen-bond donors (Lipinski definition) is 1. The van der Waals surface area contributed by atoms with Crippen LogP contribution in [-0.4, -0.2) is 31.5 Å². The van der Waals surface area contributed by atoms with Gasteiger partial charge >= 0.3 is 0 Å². The first-order valence-corrected chi connectivity index (χ1v) is 11.6. The summed E-state index contributed by atoms with van der Waals surface area (Å²) >= 11 is 6.58. The predicted octanol–water partition coefficient (Wildman–Crippen LogP) is 3.66. The zero-order valence-electron chi connectivity index (χ0n) is 15.0. The van der Waals surface area contributed by atoms with Gasteiger partial charge in [0.25, 0.3) is 0 Å². The Bertz CT molecular complexity index is 1010. The van der Waals surface area contributed by atoms with Gasteiger partial charge in [-0.05, 0) is 37.1 Å². The van der Waals surface area contributed by atoms with Gasteiger partial charge in [0.2, 0.25) is 10.0 Å². The first-order chi connectivity index (χ1) is 13.4. The summed E-state index contributed by atoms with van der Waals surface area (Å²) in [5.41, 5.74) is 1.18. The largest absolute Gasteiger partial charge is 0.454 e. The van der Waals surface area contributed by atoms with Gasteiger partial charge in [0, 0.05) is 18.7 Å². The van der Waals surface area contributed by atoms with Gasteiger partial charge in [-0.1, -0.05) is 42.2 Å². The fourth-order valence-corrected chi connectivity index (χ4v) is 4.47. The Morgan fingerprint density at radius 3 is 2.54 bits per heavy atom. The number of anilines is 1. The Morgan fingerprint density at radius 1 is 1.25 bits per heavy atom. The molecule has 1 aliphatic heterocycles. The summed E-state index contributed by atoms with van der Waals surface area (Å²) in [5.74, 6) is 0.902. The third-order valence-electron chi connectivity index (χ3n) is 4.26. The summed E-state index contributed by atoms with van der Waals surface area (Å²) in [5, 5.41) is 14.3. The maximum absolute atomic E-state index is 12.4. The highest BCUT2D eigenvalue weighted by molar-refractivity contribution is 8.23. The summed E-state index contributed by atoms with van der Waals surface area (Å²) in [6, 6.07) is 14.3. The second-order valence-electron chi connectivity index (χ2n) is 6.21. The van der Waals surface area contributed by atoms with Crippen LogP contribution in [0.4, 0.5) is 5.69 Å². The summed E-state index contributed by atoms with van der Waals surface area (Å²) in [7, 11) is -4.07. The Kier molecular flexibility index (Phi) is 6.57. The van der Waals surface area contributed by atoms with Crippen molar-refractivity contribution in [2.45, 2.75) is 17.7 Å². The third-order valence-corrected chi connectivity index (χ3v) is 6.53. The summed E-state index contributed by atoms with van der Waals surface area (Å²) in [6.45, 7) is 1.58. The van der Waals surface area contributed by atoms with Crippen molar-refractivity contribution in [1.82, 2.24) is 0 Å². The monoisotopic (exact) mass is 433 g/mol. The lowest BCUT2D eigenvalue weighted by Crippen LogP contribution is -2.21. The molecule has 0 unspecified atom stereocenters. The summed E-state index contributed by atoms with van der Waals surface area (Å²) < 4.78 is 31.2. The number of rotatable bonds is 6. The van der Waals surface area contributed by atoms with Crippen LogP contribution in [0.25, 0.3) is 0 Å². The van der Waals surface area contributed by atoms with Crippen molar-refractivity contribution >= 4 is 43.9 Å². The first kappa shape index (κ1) is 20.6. The van der Waals surface area contributed by atoms with E-state index in [0.29, 0.717) is 21.2 Å². The number of ether oxygens (including phenoxy) is 1. The highest BCUT2D eigenvalue weighted by Gasteiger charge is 2.26. The van der Waals surface area contributed by atoms with Gasteiger partial charge < -0.3 is 9.64 Å². The van der Waals surface area contributed by atoms with Crippen molar-refractivity contribution < 1.29 is 13.2 Å². The van der Waals surface area contributed by atoms with Gasteiger partial charge in [-0.3, -0.25) is 0 Å². The van der Waals surface area contributed by atoms with E-state index in [9.17, 15) is 8.42 Å². The van der Waals surface area contributed by atoms with Gasteiger partial charge in [-0.2, -0.15) is 5.26 Å². The van der Waals surface area contributed by atoms with Crippen molar-refractivity contribution in [3.8, 4) is 17.6 Å². The van der Waals surface area contributed by atoms with E-state index in [1.807, 2.05) is 30.3 Å². The van der Waals surface area contributed by atoms with Crippen molar-refractivity contribution in [2.75, 3.05) is 23.7 Å². The topological polar surface area (TPSA) is 96.4 Å². The van der Waals surface area contributed by atoms with Crippen molar-refractivity contribution in [2.24, 2.45) is 5.14 Å². The molecule has 0 bridgehead atoms. The number of hydrogen-bond acceptors (Lipinski definition) is 7. The Morgan fingerprint density at radius 2 is 1.93 bits per heavy atom. The third kappa shape index (κ3) is 4.83. The molecule has 1 fully saturated rings. The molecule has 0 saturated carbocycles. The van der Waals surface area contributed by atoms with E-state index < -0.39 is 10.0 Å². The zero-order chi connectivity index (χ0) is 20.1. The fraction of sp³-hybridized carbons (Fsp3) is 0.263. The van der Waals surface area contributed by atoms with Crippen molar-refractivity contribution in [1.29, 1.82) is 5.26 Å². The minimum absolute atomic E-state index is 0.115. The van der Waals surface area contributed by atoms with Crippen LogP contribution in [0.1, 0.15) is 18.4 Å². The van der Waals surface area contributed by atoms with E-state index in [4.69, 9.17) is 27.4 Å². The van der Waals surface area contributed by atoms with Crippen LogP contribution in [-0.2, 0) is 10.0 Å². The lowest BCUT2D eigenvalue weighted by molar-refractivity contribution is 0.467. The molecule has 1 aliphatic rings. The second-order valence-corrected chi connectivity index (χ2v) is 9.39. The van der Waals surface area contributed by atoms with Crippen molar-refractivity contribution in [3.05, 3.63) is 48.0 Å². The smallest absolute Gasteiger partial charge is 0.241 e. The molecule has 0 radical (unpaired) electrons. The molecule has 1 saturated heterocycles. The molecular weight excluding hydrogens is 414 g/mol. The molecule has 0 amide bonds. The highest BCUT2D eigenvalue weighted by Crippen LogP contribution is 2.41. The quantitative estimate of drug-likeness (QED) is 0.695. The normalized spacial score (nSPS) is 13.9. The maximum Gasteiger partial charge on any atom is 0.241 e. The van der Waals surface area contributed by atoms with E-state index in [1.54, 1.807) is 12.1 Å². The summed E-state index contributed by atoms with van der Waals surface area (Å²) in [4.78, 5) is 1.96. The van der Waals surface area contributed by atoms with Crippen LogP contribution in [0, 0.1) is 11.3 Å². The lowest BCUT2D eigenvalue weighted by atomic mass is 10.2. The number of nitrogens with two attached hydrogens (primary N) is 1. The van der Waals surface area contributed by atoms with Gasteiger partial charge in [-0.25, -0.2) is 13.6 Å². The summed E-state index contributed by atoms with van der Waals surface area (Å²) in [6.07, 6.45) is 2.01. The second kappa shape index (κ2) is 8.92. The van der Waals surface area contributed by atoms with Crippen LogP contribution < -0.4 is 14.8 Å². The molecule has 9 heteroatoms. The number of thioether (sulfide) groups is 1. The van der Waals surface area contributed by atoms with Gasteiger partial charge in [0.05, 0.1) is 21.7 Å². The average Bonchev–Trinajstić information content (AvgIpc) is 3.20. The number of nitrogens with zero attached hydrogens (tertiary/aromatic N) is 2. The number of sulfonamides is 1. The van der Waals surface area contributed by atoms with E-state index >= 15 is 0 Å². The molecule has 28 heavy (non-hydrogen) atoms. The molecule has 0 spiro atoms. The number of benzene rings is 2. The van der Waals surface area contributed by atoms with E-state index in [1.165, 1.54) is 17.8 Å². The average molecular weight is 434 g/mol. The maximum atomic E-state index is 12.4. The van der Waals surface area contributed by atoms with Gasteiger partial charge in [0.15, 0.2) is 5.75 Å². The number of nitriles is 1. The molecule has 1 heterocycles. The Labute approximate surface area is 174 Å². The Balaban J connectivity index is 2.16. The van der Waals surface area contributed by atoms with Crippen molar-refractivity contribution in [3.63, 3.8) is 0 Å². The van der Waals surface area contributed by atoms with Gasteiger partial charge in [-0.15, -0.1) is 0 Å². The molecular formula is C19H19N3O3S3. The molecule has 0 aromatic heterocycles. The fourth-order valence-electron chi connectivity index (χ4n) is 3.00. The molecule has 146 valence electrons. The molecule has 6 nitrogen and oxygen atoms in total. The number of primary sulfonamides is 1. The highest BCUT2D eigenvalue weighted by atomic mass is 32.2. The number of thiocarbonyl (C=S) groups is 1. The van der Waals surface area contributed by atoms with E-state index in [0.717, 1.165) is 25.9 Å². The first-order valence-electron chi connectivity index (χ1n) is 8.63. The number of para-hydroxylation sites is 1. The van der Waals surface area contributed by atoms with Crippen LogP contribution in [0.3, 0.4) is 0 Å². The minimum atomic E-state index is -4.07. The van der Waals surface area contributed by atoms with E-state index in [-0.39, 0.29) is 16.4 Å². The molecule has 0 aliphatic carbocycles. The molecule has 2 aromatic carbocycles. The molecule has 3 rings (SSSR count). The zero-order valence-corrected chi connectivity index (χ0v) is 17.4. The lowest BCUT2D eigenvalue weighted by Gasteiger charge is -2.24. The van der Waals surface area contributed by atoms with Crippen LogP contribution >= 0.6 is 24.0 Å². The van der Waals surface area contributed by atoms with Gasteiger partial charge in [0.1, 0.15) is 10.6 Å². The Hall–Kier alpha value is -2.12. The molecule has 2 N–H and O–H groups in total. The predicted molar refractivity (Wildman–Crippen MR) is 116 cm³/mol. The SMILES string of the molecule is N#CCSC(=S)c1cc(N2CCCC2)c(Oc2ccccc2)c(S(N)(=O)=O)c1. The van der Waals surface area contributed by atoms with E-state index in [2.05, 4.69) is 4.90 Å². The van der Waals surface area contributed by atoms with Crippen LogP contribution in [0.5, 0.6) is 11.5 Å².